The average Bonchev–Trinajstić information content (AvgIpc) is 3.50. The number of benzene rings is 4. The van der Waals surface area contributed by atoms with Gasteiger partial charge >= 0.3 is 0 Å². The first-order valence-corrected chi connectivity index (χ1v) is 15.8. The highest BCUT2D eigenvalue weighted by Crippen LogP contribution is 2.51. The smallest absolute Gasteiger partial charge is 0.261 e. The van der Waals surface area contributed by atoms with Crippen molar-refractivity contribution in [3.8, 4) is 23.0 Å². The molecule has 1 aliphatic heterocycles. The Balaban J connectivity index is 1.22. The largest absolute Gasteiger partial charge is 0.490 e. The molecule has 0 aromatic heterocycles. The molecule has 4 aromatic carbocycles. The standard InChI is InChI=1S/C34H34N2O5S/c1-3-39-32-20-13-23(21-33(32)40-4-2)34-29-12-8-11-28(29)30-22-27(18-19-31(30)35-34)42(37,38)36-24-14-16-26(17-15-24)41-25-9-6-5-7-10-25/h5-11,13-22,28-29,34-36H,3-4,12H2,1-2H3/t28-,29+,34+/m0/s1. The molecule has 0 saturated carbocycles. The summed E-state index contributed by atoms with van der Waals surface area (Å²) >= 11 is 0. The van der Waals surface area contributed by atoms with Gasteiger partial charge < -0.3 is 19.5 Å². The molecule has 6 rings (SSSR count). The Labute approximate surface area is 247 Å². The Hall–Kier alpha value is -4.43. The summed E-state index contributed by atoms with van der Waals surface area (Å²) in [7, 11) is -3.81. The number of para-hydroxylation sites is 1. The van der Waals surface area contributed by atoms with Crippen LogP contribution < -0.4 is 24.2 Å². The maximum absolute atomic E-state index is 13.4. The number of allylic oxidation sites excluding steroid dienone is 2. The van der Waals surface area contributed by atoms with E-state index in [9.17, 15) is 8.42 Å². The van der Waals surface area contributed by atoms with Gasteiger partial charge in [0.1, 0.15) is 11.5 Å². The molecule has 0 bridgehead atoms. The molecule has 2 aliphatic rings. The molecule has 4 aromatic rings. The van der Waals surface area contributed by atoms with Gasteiger partial charge in [0.2, 0.25) is 0 Å². The number of fused-ring (bicyclic) bond motifs is 3. The average molecular weight is 583 g/mol. The van der Waals surface area contributed by atoms with Gasteiger partial charge in [-0.2, -0.15) is 0 Å². The van der Waals surface area contributed by atoms with Crippen molar-refractivity contribution in [3.05, 3.63) is 114 Å². The lowest BCUT2D eigenvalue weighted by atomic mass is 9.77. The minimum atomic E-state index is -3.81. The molecule has 1 heterocycles. The van der Waals surface area contributed by atoms with E-state index in [1.165, 1.54) is 0 Å². The van der Waals surface area contributed by atoms with Crippen molar-refractivity contribution < 1.29 is 22.6 Å². The lowest BCUT2D eigenvalue weighted by molar-refractivity contribution is 0.287. The van der Waals surface area contributed by atoms with E-state index in [1.807, 2.05) is 56.3 Å². The van der Waals surface area contributed by atoms with E-state index in [2.05, 4.69) is 34.3 Å². The molecule has 2 N–H and O–H groups in total. The highest BCUT2D eigenvalue weighted by Gasteiger charge is 2.38. The Morgan fingerprint density at radius 1 is 0.833 bits per heavy atom. The van der Waals surface area contributed by atoms with Gasteiger partial charge in [0.05, 0.1) is 24.2 Å². The van der Waals surface area contributed by atoms with Crippen LogP contribution in [-0.2, 0) is 10.0 Å². The number of rotatable bonds is 10. The molecule has 42 heavy (non-hydrogen) atoms. The van der Waals surface area contributed by atoms with Crippen LogP contribution in [0.1, 0.15) is 43.4 Å². The minimum Gasteiger partial charge on any atom is -0.490 e. The van der Waals surface area contributed by atoms with Crippen LogP contribution in [0.25, 0.3) is 0 Å². The fraction of sp³-hybridized carbons (Fsp3) is 0.235. The van der Waals surface area contributed by atoms with Gasteiger partial charge in [-0.25, -0.2) is 8.42 Å². The zero-order valence-electron chi connectivity index (χ0n) is 23.6. The number of sulfonamides is 1. The molecule has 8 heteroatoms. The van der Waals surface area contributed by atoms with Crippen molar-refractivity contribution in [2.45, 2.75) is 37.1 Å². The second kappa shape index (κ2) is 11.8. The predicted octanol–water partition coefficient (Wildman–Crippen LogP) is 7.90. The van der Waals surface area contributed by atoms with Crippen LogP contribution >= 0.6 is 0 Å². The van der Waals surface area contributed by atoms with Crippen LogP contribution in [0.4, 0.5) is 11.4 Å². The summed E-state index contributed by atoms with van der Waals surface area (Å²) in [6.07, 6.45) is 5.28. The zero-order valence-corrected chi connectivity index (χ0v) is 24.4. The van der Waals surface area contributed by atoms with Crippen molar-refractivity contribution in [1.29, 1.82) is 0 Å². The molecule has 0 radical (unpaired) electrons. The SMILES string of the molecule is CCOc1ccc([C@H]2Nc3ccc(S(=O)(=O)Nc4ccc(Oc5ccccc5)cc4)cc3[C@H]3C=CC[C@H]32)cc1OCC. The van der Waals surface area contributed by atoms with Crippen LogP contribution in [0.5, 0.6) is 23.0 Å². The summed E-state index contributed by atoms with van der Waals surface area (Å²) in [5.41, 5.74) is 3.49. The fourth-order valence-electron chi connectivity index (χ4n) is 5.76. The number of anilines is 2. The second-order valence-electron chi connectivity index (χ2n) is 10.3. The van der Waals surface area contributed by atoms with E-state index in [0.29, 0.717) is 30.4 Å². The third-order valence-electron chi connectivity index (χ3n) is 7.66. The molecule has 0 fully saturated rings. The number of ether oxygens (including phenoxy) is 3. The molecule has 1 aliphatic carbocycles. The van der Waals surface area contributed by atoms with Gasteiger partial charge in [-0.3, -0.25) is 4.72 Å². The Morgan fingerprint density at radius 2 is 1.57 bits per heavy atom. The summed E-state index contributed by atoms with van der Waals surface area (Å²) in [6, 6.07) is 27.8. The van der Waals surface area contributed by atoms with Crippen molar-refractivity contribution in [1.82, 2.24) is 0 Å². The van der Waals surface area contributed by atoms with Crippen LogP contribution in [0.15, 0.2) is 108 Å². The third kappa shape index (κ3) is 5.67. The Kier molecular flexibility index (Phi) is 7.80. The van der Waals surface area contributed by atoms with Gasteiger partial charge in [-0.15, -0.1) is 0 Å². The Morgan fingerprint density at radius 3 is 2.33 bits per heavy atom. The van der Waals surface area contributed by atoms with Crippen LogP contribution in [0.3, 0.4) is 0 Å². The maximum Gasteiger partial charge on any atom is 0.261 e. The highest BCUT2D eigenvalue weighted by atomic mass is 32.2. The predicted molar refractivity (Wildman–Crippen MR) is 165 cm³/mol. The number of nitrogens with one attached hydrogen (secondary N) is 2. The van der Waals surface area contributed by atoms with E-state index in [0.717, 1.165) is 34.7 Å². The number of hydrogen-bond acceptors (Lipinski definition) is 6. The zero-order chi connectivity index (χ0) is 29.1. The summed E-state index contributed by atoms with van der Waals surface area (Å²) in [4.78, 5) is 0.227. The molecule has 3 atom stereocenters. The first-order valence-electron chi connectivity index (χ1n) is 14.3. The van der Waals surface area contributed by atoms with E-state index >= 15 is 0 Å². The molecule has 0 unspecified atom stereocenters. The van der Waals surface area contributed by atoms with Crippen LogP contribution in [0.2, 0.25) is 0 Å². The molecule has 216 valence electrons. The summed E-state index contributed by atoms with van der Waals surface area (Å²) < 4.78 is 47.0. The third-order valence-corrected chi connectivity index (χ3v) is 9.04. The normalized spacial score (nSPS) is 18.9. The van der Waals surface area contributed by atoms with E-state index < -0.39 is 10.0 Å². The minimum absolute atomic E-state index is 0.0459. The monoisotopic (exact) mass is 582 g/mol. The van der Waals surface area contributed by atoms with Gasteiger partial charge in [0, 0.05) is 17.3 Å². The molecule has 0 saturated heterocycles. The topological polar surface area (TPSA) is 85.9 Å². The van der Waals surface area contributed by atoms with Crippen LogP contribution in [0, 0.1) is 5.92 Å². The first-order chi connectivity index (χ1) is 20.4. The quantitative estimate of drug-likeness (QED) is 0.185. The lowest BCUT2D eigenvalue weighted by Crippen LogP contribution is -2.29. The summed E-state index contributed by atoms with van der Waals surface area (Å²) in [5, 5.41) is 3.69. The van der Waals surface area contributed by atoms with Gasteiger partial charge in [-0.1, -0.05) is 36.4 Å². The van der Waals surface area contributed by atoms with E-state index in [-0.39, 0.29) is 22.8 Å². The fourth-order valence-corrected chi connectivity index (χ4v) is 6.85. The Bertz CT molecular complexity index is 1690. The molecule has 0 spiro atoms. The maximum atomic E-state index is 13.4. The van der Waals surface area contributed by atoms with Crippen molar-refractivity contribution in [2.24, 2.45) is 5.92 Å². The van der Waals surface area contributed by atoms with Crippen molar-refractivity contribution in [2.75, 3.05) is 23.3 Å². The second-order valence-corrected chi connectivity index (χ2v) is 12.0. The summed E-state index contributed by atoms with van der Waals surface area (Å²) in [5.74, 6) is 3.15. The van der Waals surface area contributed by atoms with Crippen molar-refractivity contribution >= 4 is 21.4 Å². The molecular formula is C34H34N2O5S. The first kappa shape index (κ1) is 27.7. The van der Waals surface area contributed by atoms with Gasteiger partial charge in [0.15, 0.2) is 11.5 Å². The molecule has 0 amide bonds. The number of hydrogen-bond donors (Lipinski definition) is 2. The molecule has 7 nitrogen and oxygen atoms in total. The summed E-state index contributed by atoms with van der Waals surface area (Å²) in [6.45, 7) is 5.04. The van der Waals surface area contributed by atoms with E-state index in [1.54, 1.807) is 36.4 Å². The van der Waals surface area contributed by atoms with Gasteiger partial charge in [-0.05, 0) is 104 Å². The molecular weight excluding hydrogens is 548 g/mol. The highest BCUT2D eigenvalue weighted by molar-refractivity contribution is 7.92. The van der Waals surface area contributed by atoms with Crippen molar-refractivity contribution in [3.63, 3.8) is 0 Å². The lowest BCUT2D eigenvalue weighted by Gasteiger charge is -2.38. The van der Waals surface area contributed by atoms with Gasteiger partial charge in [0.25, 0.3) is 10.0 Å². The van der Waals surface area contributed by atoms with E-state index in [4.69, 9.17) is 14.2 Å². The van der Waals surface area contributed by atoms with Crippen LogP contribution in [-0.4, -0.2) is 21.6 Å².